The van der Waals surface area contributed by atoms with E-state index in [1.54, 1.807) is 0 Å². The smallest absolute Gasteiger partial charge is 1.00 e. The van der Waals surface area contributed by atoms with Gasteiger partial charge in [-0.05, 0) is 0 Å². The van der Waals surface area contributed by atoms with Crippen molar-refractivity contribution in [3.63, 3.8) is 0 Å². The molecule has 0 aliphatic rings. The second kappa shape index (κ2) is 8.00. The summed E-state index contributed by atoms with van der Waals surface area (Å²) in [6.07, 6.45) is 0. The quantitative estimate of drug-likeness (QED) is 0.286. The van der Waals surface area contributed by atoms with Gasteiger partial charge in [-0.1, -0.05) is 0 Å². The molecule has 10 nitrogen and oxygen atoms in total. The summed E-state index contributed by atoms with van der Waals surface area (Å²) in [4.78, 5) is 18.6. The van der Waals surface area contributed by atoms with Crippen molar-refractivity contribution in [2.45, 2.75) is 0 Å². The van der Waals surface area contributed by atoms with Gasteiger partial charge in [0.1, 0.15) is 0 Å². The van der Waals surface area contributed by atoms with E-state index in [1.807, 2.05) is 0 Å². The molecule has 0 aliphatic heterocycles. The maximum Gasteiger partial charge on any atom is 1.00 e. The van der Waals surface area contributed by atoms with Crippen LogP contribution in [0.15, 0.2) is 0 Å². The standard InChI is InChI=1S/K.N2O8S.Pd.H/c;3-1(4)9-11(7,8)10-2(5)6;;/q+1;;;-1. The molecule has 0 heterocycles. The summed E-state index contributed by atoms with van der Waals surface area (Å²) in [7, 11) is -5.18. The molecule has 0 amide bonds. The monoisotopic (exact) mass is 334 g/mol. The van der Waals surface area contributed by atoms with Crippen LogP contribution in [0.4, 0.5) is 0 Å². The fourth-order valence-corrected chi connectivity index (χ4v) is 0.488. The molecule has 13 heteroatoms. The number of nitrogens with zero attached hydrogens (tertiary/aromatic N) is 2. The van der Waals surface area contributed by atoms with Gasteiger partial charge in [0.15, 0.2) is 0 Å². The fourth-order valence-electron chi connectivity index (χ4n) is 0.163. The van der Waals surface area contributed by atoms with E-state index in [-0.39, 0.29) is 73.2 Å². The summed E-state index contributed by atoms with van der Waals surface area (Å²) >= 11 is 0. The average molecular weight is 335 g/mol. The molecule has 0 rings (SSSR count). The molecule has 13 heavy (non-hydrogen) atoms. The summed E-state index contributed by atoms with van der Waals surface area (Å²) < 4.78 is 25.4. The summed E-state index contributed by atoms with van der Waals surface area (Å²) in [5, 5.41) is 15.1. The van der Waals surface area contributed by atoms with Crippen LogP contribution in [0.3, 0.4) is 0 Å². The van der Waals surface area contributed by atoms with Gasteiger partial charge in [0.2, 0.25) is 0 Å². The summed E-state index contributed by atoms with van der Waals surface area (Å²) in [5.74, 6) is 0. The van der Waals surface area contributed by atoms with Crippen molar-refractivity contribution < 1.29 is 100 Å². The molecule has 76 valence electrons. The van der Waals surface area contributed by atoms with Crippen molar-refractivity contribution in [1.29, 1.82) is 0 Å². The van der Waals surface area contributed by atoms with Crippen molar-refractivity contribution in [1.82, 2.24) is 0 Å². The van der Waals surface area contributed by atoms with Gasteiger partial charge in [0.05, 0.1) is 0 Å². The third-order valence-electron chi connectivity index (χ3n) is 0.304. The fraction of sp³-hybridized carbons (Fsp3) is 0. The third kappa shape index (κ3) is 12.6. The molecule has 0 aliphatic carbocycles. The van der Waals surface area contributed by atoms with Crippen LogP contribution in [0.1, 0.15) is 1.43 Å². The van der Waals surface area contributed by atoms with Crippen molar-refractivity contribution in [2.24, 2.45) is 0 Å². The predicted molar refractivity (Wildman–Crippen MR) is 26.2 cm³/mol. The molecule has 0 spiro atoms. The van der Waals surface area contributed by atoms with Crippen LogP contribution in [-0.4, -0.2) is 18.6 Å². The largest absolute Gasteiger partial charge is 1.00 e. The first-order valence-corrected chi connectivity index (χ1v) is 3.10. The Kier molecular flexibility index (Phi) is 11.8. The molecule has 0 atom stereocenters. The molecule has 0 aromatic heterocycles. The topological polar surface area (TPSA) is 139 Å². The predicted octanol–water partition coefficient (Wildman–Crippen LogP) is -4.24. The zero-order valence-corrected chi connectivity index (χ0v) is 11.4. The Balaban J connectivity index is -0.000000167. The van der Waals surface area contributed by atoms with Crippen LogP contribution in [0.25, 0.3) is 0 Å². The van der Waals surface area contributed by atoms with Gasteiger partial charge in [-0.3, -0.25) is 0 Å². The zero-order chi connectivity index (χ0) is 9.07. The zero-order valence-electron chi connectivity index (χ0n) is 6.88. The summed E-state index contributed by atoms with van der Waals surface area (Å²) in [6.45, 7) is 0. The Bertz CT molecular complexity index is 253. The molecule has 0 aromatic rings. The number of hydrogen-bond acceptors (Lipinski definition) is 8. The Morgan fingerprint density at radius 2 is 1.31 bits per heavy atom. The molecule has 0 bridgehead atoms. The van der Waals surface area contributed by atoms with Crippen LogP contribution in [-0.2, 0) is 39.4 Å². The average Bonchev–Trinajstić information content (AvgIpc) is 1.53. The molecular weight excluding hydrogens is 334 g/mol. The van der Waals surface area contributed by atoms with E-state index in [1.165, 1.54) is 0 Å². The van der Waals surface area contributed by atoms with Crippen molar-refractivity contribution >= 4 is 10.4 Å². The van der Waals surface area contributed by atoms with E-state index in [2.05, 4.69) is 8.57 Å². The molecular formula is HKN2O8PdS. The Hall–Kier alpha value is 0.649. The first kappa shape index (κ1) is 19.3. The number of hydrogen-bond donors (Lipinski definition) is 0. The van der Waals surface area contributed by atoms with Crippen molar-refractivity contribution in [3.8, 4) is 0 Å². The number of rotatable bonds is 4. The molecule has 0 saturated carbocycles. The minimum atomic E-state index is -5.18. The van der Waals surface area contributed by atoms with Gasteiger partial charge in [-0.2, -0.15) is 17.0 Å². The summed E-state index contributed by atoms with van der Waals surface area (Å²) in [5.41, 5.74) is 0. The maximum atomic E-state index is 9.92. The Labute approximate surface area is 129 Å². The second-order valence-corrected chi connectivity index (χ2v) is 2.12. The van der Waals surface area contributed by atoms with Crippen molar-refractivity contribution in [3.05, 3.63) is 20.2 Å². The minimum Gasteiger partial charge on any atom is -1.00 e. The SMILES string of the molecule is O=[N+]([O-])OS(=O)(=O)O[N+](=O)[O-].[H-].[K+].[Pd]. The minimum absolute atomic E-state index is 0. The van der Waals surface area contributed by atoms with Gasteiger partial charge >= 0.3 is 72.0 Å². The van der Waals surface area contributed by atoms with Gasteiger partial charge < -0.3 is 1.43 Å². The van der Waals surface area contributed by atoms with Crippen molar-refractivity contribution in [2.75, 3.05) is 0 Å². The van der Waals surface area contributed by atoms with Gasteiger partial charge in [0, 0.05) is 20.4 Å². The van der Waals surface area contributed by atoms with E-state index in [0.29, 0.717) is 0 Å². The molecule has 0 N–H and O–H groups in total. The first-order valence-electron chi connectivity index (χ1n) is 1.76. The third-order valence-corrected chi connectivity index (χ3v) is 0.913. The van der Waals surface area contributed by atoms with E-state index < -0.39 is 20.6 Å². The van der Waals surface area contributed by atoms with E-state index in [4.69, 9.17) is 0 Å². The molecule has 0 aromatic carbocycles. The van der Waals surface area contributed by atoms with Gasteiger partial charge in [-0.25, -0.2) is 0 Å². The molecule has 0 unspecified atom stereocenters. The molecule has 0 saturated heterocycles. The molecule has 0 radical (unpaired) electrons. The first-order chi connectivity index (χ1) is 4.83. The normalized spacial score (nSPS) is 8.62. The van der Waals surface area contributed by atoms with E-state index in [0.717, 1.165) is 0 Å². The molecule has 0 fully saturated rings. The Morgan fingerprint density at radius 1 is 1.08 bits per heavy atom. The van der Waals surface area contributed by atoms with Crippen LogP contribution >= 0.6 is 0 Å². The second-order valence-electron chi connectivity index (χ2n) is 1.00. The van der Waals surface area contributed by atoms with E-state index >= 15 is 0 Å². The van der Waals surface area contributed by atoms with Crippen LogP contribution in [0, 0.1) is 20.2 Å². The Morgan fingerprint density at radius 3 is 1.46 bits per heavy atom. The maximum absolute atomic E-state index is 9.92. The van der Waals surface area contributed by atoms with Crippen LogP contribution < -0.4 is 51.4 Å². The van der Waals surface area contributed by atoms with Crippen LogP contribution in [0.2, 0.25) is 0 Å². The summed E-state index contributed by atoms with van der Waals surface area (Å²) in [6, 6.07) is 0. The van der Waals surface area contributed by atoms with Gasteiger partial charge in [-0.15, -0.1) is 20.2 Å². The van der Waals surface area contributed by atoms with Gasteiger partial charge in [0.25, 0.3) is 0 Å². The van der Waals surface area contributed by atoms with E-state index in [9.17, 15) is 28.6 Å². The van der Waals surface area contributed by atoms with Crippen LogP contribution in [0.5, 0.6) is 0 Å².